The van der Waals surface area contributed by atoms with E-state index in [0.717, 1.165) is 34.8 Å². The summed E-state index contributed by atoms with van der Waals surface area (Å²) >= 11 is 0. The van der Waals surface area contributed by atoms with E-state index in [1.54, 1.807) is 13.8 Å². The Bertz CT molecular complexity index is 876. The molecule has 0 aliphatic rings. The first-order valence-corrected chi connectivity index (χ1v) is 8.46. The molecule has 0 radical (unpaired) electrons. The van der Waals surface area contributed by atoms with E-state index in [-0.39, 0.29) is 11.6 Å². The van der Waals surface area contributed by atoms with Crippen molar-refractivity contribution in [2.75, 3.05) is 0 Å². The lowest BCUT2D eigenvalue weighted by Gasteiger charge is -2.10. The van der Waals surface area contributed by atoms with Crippen LogP contribution in [0.1, 0.15) is 54.8 Å². The predicted molar refractivity (Wildman–Crippen MR) is 98.9 cm³/mol. The first kappa shape index (κ1) is 16.4. The SMILES string of the molecule is CC(=O)c1ccc2c(c1)c1cc(C(C)=O)ccc1n2CCC(C)C. The van der Waals surface area contributed by atoms with Crippen LogP contribution in [0.15, 0.2) is 36.4 Å². The molecule has 124 valence electrons. The van der Waals surface area contributed by atoms with Crippen LogP contribution in [0.4, 0.5) is 0 Å². The van der Waals surface area contributed by atoms with Gasteiger partial charge in [-0.15, -0.1) is 0 Å². The molecule has 3 aromatic rings. The van der Waals surface area contributed by atoms with Crippen LogP contribution in [0.5, 0.6) is 0 Å². The predicted octanol–water partition coefficient (Wildman–Crippen LogP) is 5.25. The zero-order chi connectivity index (χ0) is 17.4. The number of aryl methyl sites for hydroxylation is 1. The molecule has 0 saturated carbocycles. The number of carbonyl (C=O) groups is 2. The minimum absolute atomic E-state index is 0.0581. The van der Waals surface area contributed by atoms with Crippen LogP contribution in [0.2, 0.25) is 0 Å². The summed E-state index contributed by atoms with van der Waals surface area (Å²) in [7, 11) is 0. The molecule has 0 N–H and O–H groups in total. The highest BCUT2D eigenvalue weighted by atomic mass is 16.1. The normalized spacial score (nSPS) is 11.5. The molecule has 0 bridgehead atoms. The number of rotatable bonds is 5. The summed E-state index contributed by atoms with van der Waals surface area (Å²) in [6.07, 6.45) is 1.09. The van der Waals surface area contributed by atoms with Gasteiger partial charge in [-0.2, -0.15) is 0 Å². The monoisotopic (exact) mass is 321 g/mol. The van der Waals surface area contributed by atoms with Gasteiger partial charge in [0, 0.05) is 39.5 Å². The Hall–Kier alpha value is -2.42. The Labute approximate surface area is 142 Å². The number of ketones is 2. The molecule has 24 heavy (non-hydrogen) atoms. The molecular formula is C21H23NO2. The maximum absolute atomic E-state index is 11.8. The van der Waals surface area contributed by atoms with Gasteiger partial charge in [-0.25, -0.2) is 0 Å². The number of Topliss-reactive ketones (excluding diaryl/α,β-unsaturated/α-hetero) is 2. The second-order valence-electron chi connectivity index (χ2n) is 6.91. The molecule has 0 spiro atoms. The van der Waals surface area contributed by atoms with E-state index in [1.165, 1.54) is 0 Å². The smallest absolute Gasteiger partial charge is 0.159 e. The highest BCUT2D eigenvalue weighted by molar-refractivity contribution is 6.12. The van der Waals surface area contributed by atoms with Crippen molar-refractivity contribution in [2.24, 2.45) is 5.92 Å². The fraction of sp³-hybridized carbons (Fsp3) is 0.333. The average molecular weight is 321 g/mol. The largest absolute Gasteiger partial charge is 0.340 e. The Morgan fingerprint density at radius 1 is 0.875 bits per heavy atom. The van der Waals surface area contributed by atoms with Crippen LogP contribution in [0.25, 0.3) is 21.8 Å². The van der Waals surface area contributed by atoms with Gasteiger partial charge in [0.2, 0.25) is 0 Å². The van der Waals surface area contributed by atoms with Crippen molar-refractivity contribution in [3.05, 3.63) is 47.5 Å². The third-order valence-electron chi connectivity index (χ3n) is 4.61. The molecule has 0 fully saturated rings. The van der Waals surface area contributed by atoms with Crippen molar-refractivity contribution in [2.45, 2.75) is 40.7 Å². The molecule has 0 unspecified atom stereocenters. The zero-order valence-corrected chi connectivity index (χ0v) is 14.7. The fourth-order valence-corrected chi connectivity index (χ4v) is 3.17. The summed E-state index contributed by atoms with van der Waals surface area (Å²) in [5.41, 5.74) is 3.66. The molecule has 3 rings (SSSR count). The quantitative estimate of drug-likeness (QED) is 0.602. The van der Waals surface area contributed by atoms with E-state index in [4.69, 9.17) is 0 Å². The Kier molecular flexibility index (Phi) is 4.27. The fourth-order valence-electron chi connectivity index (χ4n) is 3.17. The molecule has 0 atom stereocenters. The van der Waals surface area contributed by atoms with Crippen molar-refractivity contribution < 1.29 is 9.59 Å². The second-order valence-corrected chi connectivity index (χ2v) is 6.91. The van der Waals surface area contributed by atoms with E-state index in [0.29, 0.717) is 17.0 Å². The number of aromatic nitrogens is 1. The highest BCUT2D eigenvalue weighted by Crippen LogP contribution is 2.31. The summed E-state index contributed by atoms with van der Waals surface area (Å²) in [6, 6.07) is 11.7. The lowest BCUT2D eigenvalue weighted by Crippen LogP contribution is -2.01. The van der Waals surface area contributed by atoms with Gasteiger partial charge in [0.1, 0.15) is 0 Å². The van der Waals surface area contributed by atoms with Crippen molar-refractivity contribution >= 4 is 33.4 Å². The van der Waals surface area contributed by atoms with Crippen LogP contribution < -0.4 is 0 Å². The summed E-state index contributed by atoms with van der Waals surface area (Å²) in [4.78, 5) is 23.5. The van der Waals surface area contributed by atoms with Crippen molar-refractivity contribution in [1.82, 2.24) is 4.57 Å². The molecule has 3 nitrogen and oxygen atoms in total. The van der Waals surface area contributed by atoms with Gasteiger partial charge in [0.05, 0.1) is 0 Å². The van der Waals surface area contributed by atoms with Crippen LogP contribution in [-0.2, 0) is 6.54 Å². The maximum atomic E-state index is 11.8. The highest BCUT2D eigenvalue weighted by Gasteiger charge is 2.14. The van der Waals surface area contributed by atoms with Crippen LogP contribution >= 0.6 is 0 Å². The van der Waals surface area contributed by atoms with Gasteiger partial charge in [0.25, 0.3) is 0 Å². The van der Waals surface area contributed by atoms with E-state index >= 15 is 0 Å². The number of carbonyl (C=O) groups excluding carboxylic acids is 2. The summed E-state index contributed by atoms with van der Waals surface area (Å²) in [5, 5.41) is 2.09. The number of fused-ring (bicyclic) bond motifs is 3. The van der Waals surface area contributed by atoms with Gasteiger partial charge in [-0.3, -0.25) is 9.59 Å². The van der Waals surface area contributed by atoms with Gasteiger partial charge in [-0.1, -0.05) is 13.8 Å². The third kappa shape index (κ3) is 2.86. The lowest BCUT2D eigenvalue weighted by molar-refractivity contribution is 0.100. The summed E-state index contributed by atoms with van der Waals surface area (Å²) in [6.45, 7) is 8.53. The van der Waals surface area contributed by atoms with E-state index < -0.39 is 0 Å². The van der Waals surface area contributed by atoms with Gasteiger partial charge in [-0.05, 0) is 62.6 Å². The van der Waals surface area contributed by atoms with Crippen molar-refractivity contribution in [1.29, 1.82) is 0 Å². The second kappa shape index (κ2) is 6.23. The topological polar surface area (TPSA) is 39.1 Å². The molecule has 2 aromatic carbocycles. The van der Waals surface area contributed by atoms with Crippen LogP contribution in [-0.4, -0.2) is 16.1 Å². The third-order valence-corrected chi connectivity index (χ3v) is 4.61. The van der Waals surface area contributed by atoms with Gasteiger partial charge < -0.3 is 4.57 Å². The number of hydrogen-bond acceptors (Lipinski definition) is 2. The van der Waals surface area contributed by atoms with Crippen molar-refractivity contribution in [3.63, 3.8) is 0 Å². The van der Waals surface area contributed by atoms with E-state index in [1.807, 2.05) is 36.4 Å². The first-order valence-electron chi connectivity index (χ1n) is 8.46. The minimum atomic E-state index is 0.0581. The molecular weight excluding hydrogens is 298 g/mol. The number of nitrogens with zero attached hydrogens (tertiary/aromatic N) is 1. The number of hydrogen-bond donors (Lipinski definition) is 0. The zero-order valence-electron chi connectivity index (χ0n) is 14.7. The van der Waals surface area contributed by atoms with Crippen LogP contribution in [0, 0.1) is 5.92 Å². The summed E-state index contributed by atoms with van der Waals surface area (Å²) < 4.78 is 2.30. The van der Waals surface area contributed by atoms with E-state index in [2.05, 4.69) is 18.4 Å². The average Bonchev–Trinajstić information content (AvgIpc) is 2.85. The molecule has 1 heterocycles. The summed E-state index contributed by atoms with van der Waals surface area (Å²) in [5.74, 6) is 0.732. The standard InChI is InChI=1S/C21H23NO2/c1-13(2)9-10-22-20-7-5-16(14(3)23)11-18(20)19-12-17(15(4)24)6-8-21(19)22/h5-8,11-13H,9-10H2,1-4H3. The molecule has 3 heteroatoms. The minimum Gasteiger partial charge on any atom is -0.340 e. The number of benzene rings is 2. The van der Waals surface area contributed by atoms with Gasteiger partial charge >= 0.3 is 0 Å². The van der Waals surface area contributed by atoms with Crippen LogP contribution in [0.3, 0.4) is 0 Å². The van der Waals surface area contributed by atoms with E-state index in [9.17, 15) is 9.59 Å². The maximum Gasteiger partial charge on any atom is 0.159 e. The first-order chi connectivity index (χ1) is 11.4. The lowest BCUT2D eigenvalue weighted by atomic mass is 10.0. The molecule has 0 saturated heterocycles. The molecule has 0 amide bonds. The Morgan fingerprint density at radius 2 is 1.33 bits per heavy atom. The Balaban J connectivity index is 2.31. The molecule has 1 aromatic heterocycles. The van der Waals surface area contributed by atoms with Crippen molar-refractivity contribution in [3.8, 4) is 0 Å². The van der Waals surface area contributed by atoms with Gasteiger partial charge in [0.15, 0.2) is 11.6 Å². The molecule has 0 aliphatic heterocycles. The molecule has 0 aliphatic carbocycles. The Morgan fingerprint density at radius 3 is 1.71 bits per heavy atom.